The Morgan fingerprint density at radius 2 is 1.95 bits per heavy atom. The molecule has 0 unspecified atom stereocenters. The van der Waals surface area contributed by atoms with Gasteiger partial charge in [-0.3, -0.25) is 0 Å². The van der Waals surface area contributed by atoms with Gasteiger partial charge in [0.05, 0.1) is 25.2 Å². The van der Waals surface area contributed by atoms with E-state index in [0.717, 1.165) is 6.54 Å². The summed E-state index contributed by atoms with van der Waals surface area (Å²) in [6, 6.07) is 9.36. The van der Waals surface area contributed by atoms with Crippen LogP contribution in [0.3, 0.4) is 0 Å². The van der Waals surface area contributed by atoms with Crippen LogP contribution in [0.4, 0.5) is 0 Å². The maximum atomic E-state index is 12.2. The molecular weight excluding hydrogens is 250 g/mol. The van der Waals surface area contributed by atoms with Gasteiger partial charge in [-0.2, -0.15) is 0 Å². The van der Waals surface area contributed by atoms with Crippen molar-refractivity contribution in [1.29, 1.82) is 0 Å². The summed E-state index contributed by atoms with van der Waals surface area (Å²) in [6.07, 6.45) is 3.76. The summed E-state index contributed by atoms with van der Waals surface area (Å²) >= 11 is 0. The number of hydrogen-bond donors (Lipinski definition) is 0. The maximum Gasteiger partial charge on any atom is 0.338 e. The molecule has 1 atom stereocenters. The number of ether oxygens (including phenoxy) is 1. The molecule has 3 saturated heterocycles. The Labute approximate surface area is 121 Å². The first-order valence-electron chi connectivity index (χ1n) is 7.83. The topological polar surface area (TPSA) is 26.3 Å². The second-order valence-electron chi connectivity index (χ2n) is 6.34. The fraction of sp³-hybridized carbons (Fsp3) is 0.588. The first-order chi connectivity index (χ1) is 9.72. The van der Waals surface area contributed by atoms with Gasteiger partial charge in [0, 0.05) is 18.8 Å². The molecule has 108 valence electrons. The van der Waals surface area contributed by atoms with Gasteiger partial charge in [-0.25, -0.2) is 4.79 Å². The average Bonchev–Trinajstić information content (AvgIpc) is 2.49. The SMILES string of the molecule is CCC[N+]12CCC(CC1)[C@H](OC(=O)c1ccccc1)C2. The number of nitrogens with zero attached hydrogens (tertiary/aromatic N) is 1. The lowest BCUT2D eigenvalue weighted by Gasteiger charge is -2.52. The van der Waals surface area contributed by atoms with Crippen LogP contribution >= 0.6 is 0 Å². The van der Waals surface area contributed by atoms with Gasteiger partial charge in [-0.15, -0.1) is 0 Å². The molecule has 0 amide bonds. The minimum absolute atomic E-state index is 0.122. The second kappa shape index (κ2) is 5.57. The van der Waals surface area contributed by atoms with E-state index >= 15 is 0 Å². The number of quaternary nitrogens is 1. The minimum atomic E-state index is -0.154. The van der Waals surface area contributed by atoms with Crippen molar-refractivity contribution in [3.05, 3.63) is 35.9 Å². The standard InChI is InChI=1S/C17H24NO2/c1-2-10-18-11-8-14(9-12-18)16(13-18)20-17(19)15-6-4-3-5-7-15/h3-7,14,16H,2,8-13H2,1H3/q+1/t14?,16-,18?/m1/s1. The van der Waals surface area contributed by atoms with E-state index in [1.807, 2.05) is 30.3 Å². The van der Waals surface area contributed by atoms with Crippen molar-refractivity contribution in [2.45, 2.75) is 32.3 Å². The molecule has 0 aromatic heterocycles. The molecular formula is C17H24NO2+. The Bertz CT molecular complexity index is 458. The van der Waals surface area contributed by atoms with E-state index in [1.165, 1.54) is 43.4 Å². The summed E-state index contributed by atoms with van der Waals surface area (Å²) in [7, 11) is 0. The molecule has 3 heteroatoms. The fourth-order valence-electron chi connectivity index (χ4n) is 3.92. The summed E-state index contributed by atoms with van der Waals surface area (Å²) in [6.45, 7) is 7.05. The van der Waals surface area contributed by atoms with Crippen LogP contribution in [0.2, 0.25) is 0 Å². The van der Waals surface area contributed by atoms with Crippen LogP contribution in [0.25, 0.3) is 0 Å². The summed E-state index contributed by atoms with van der Waals surface area (Å²) in [5.41, 5.74) is 0.672. The van der Waals surface area contributed by atoms with Crippen LogP contribution in [0.5, 0.6) is 0 Å². The molecule has 20 heavy (non-hydrogen) atoms. The zero-order valence-corrected chi connectivity index (χ0v) is 12.3. The van der Waals surface area contributed by atoms with Crippen LogP contribution in [-0.4, -0.2) is 42.7 Å². The average molecular weight is 274 g/mol. The van der Waals surface area contributed by atoms with Crippen molar-refractivity contribution in [3.63, 3.8) is 0 Å². The van der Waals surface area contributed by atoms with Gasteiger partial charge < -0.3 is 9.22 Å². The number of benzene rings is 1. The Morgan fingerprint density at radius 1 is 1.25 bits per heavy atom. The summed E-state index contributed by atoms with van der Waals surface area (Å²) in [5.74, 6) is 0.429. The van der Waals surface area contributed by atoms with Crippen LogP contribution in [0.1, 0.15) is 36.5 Å². The molecule has 3 fully saturated rings. The van der Waals surface area contributed by atoms with Crippen LogP contribution < -0.4 is 0 Å². The third-order valence-corrected chi connectivity index (χ3v) is 5.01. The van der Waals surface area contributed by atoms with Gasteiger partial charge in [-0.05, 0) is 18.6 Å². The van der Waals surface area contributed by atoms with E-state index in [2.05, 4.69) is 6.92 Å². The largest absolute Gasteiger partial charge is 0.452 e. The van der Waals surface area contributed by atoms with Crippen molar-refractivity contribution in [2.24, 2.45) is 5.92 Å². The maximum absolute atomic E-state index is 12.2. The van der Waals surface area contributed by atoms with Crippen LogP contribution in [0, 0.1) is 5.92 Å². The second-order valence-corrected chi connectivity index (χ2v) is 6.34. The van der Waals surface area contributed by atoms with Crippen molar-refractivity contribution < 1.29 is 14.0 Å². The molecule has 3 heterocycles. The lowest BCUT2D eigenvalue weighted by Crippen LogP contribution is -2.64. The van der Waals surface area contributed by atoms with Gasteiger partial charge in [0.15, 0.2) is 6.10 Å². The summed E-state index contributed by atoms with van der Waals surface area (Å²) in [4.78, 5) is 12.2. The Hall–Kier alpha value is -1.35. The lowest BCUT2D eigenvalue weighted by molar-refractivity contribution is -0.946. The van der Waals surface area contributed by atoms with Gasteiger partial charge in [0.2, 0.25) is 0 Å². The monoisotopic (exact) mass is 274 g/mol. The molecule has 0 spiro atoms. The van der Waals surface area contributed by atoms with Gasteiger partial charge in [0.1, 0.15) is 6.54 Å². The first kappa shape index (κ1) is 13.6. The van der Waals surface area contributed by atoms with E-state index in [0.29, 0.717) is 11.5 Å². The molecule has 4 rings (SSSR count). The predicted octanol–water partition coefficient (Wildman–Crippen LogP) is 2.86. The number of piperidine rings is 3. The Balaban J connectivity index is 1.68. The number of esters is 1. The number of fused-ring (bicyclic) bond motifs is 3. The molecule has 0 radical (unpaired) electrons. The quantitative estimate of drug-likeness (QED) is 0.623. The molecule has 0 saturated carbocycles. The predicted molar refractivity (Wildman–Crippen MR) is 78.4 cm³/mol. The zero-order valence-electron chi connectivity index (χ0n) is 12.3. The third kappa shape index (κ3) is 2.59. The first-order valence-corrected chi connectivity index (χ1v) is 7.83. The van der Waals surface area contributed by atoms with Crippen LogP contribution in [0.15, 0.2) is 30.3 Å². The zero-order chi connectivity index (χ0) is 14.0. The van der Waals surface area contributed by atoms with Gasteiger partial charge in [0.25, 0.3) is 0 Å². The molecule has 1 aromatic rings. The highest BCUT2D eigenvalue weighted by Gasteiger charge is 2.47. The summed E-state index contributed by atoms with van der Waals surface area (Å²) in [5, 5.41) is 0. The van der Waals surface area contributed by atoms with Crippen molar-refractivity contribution in [3.8, 4) is 0 Å². The van der Waals surface area contributed by atoms with Gasteiger partial charge in [-0.1, -0.05) is 25.1 Å². The number of carbonyl (C=O) groups is 1. The normalized spacial score (nSPS) is 32.0. The van der Waals surface area contributed by atoms with E-state index in [1.54, 1.807) is 0 Å². The van der Waals surface area contributed by atoms with E-state index in [9.17, 15) is 4.79 Å². The Kier molecular flexibility index (Phi) is 3.79. The van der Waals surface area contributed by atoms with Crippen molar-refractivity contribution >= 4 is 5.97 Å². The van der Waals surface area contributed by atoms with Crippen molar-refractivity contribution in [2.75, 3.05) is 26.2 Å². The highest BCUT2D eigenvalue weighted by Crippen LogP contribution is 2.36. The smallest absolute Gasteiger partial charge is 0.338 e. The molecule has 0 N–H and O–H groups in total. The number of hydrogen-bond acceptors (Lipinski definition) is 2. The van der Waals surface area contributed by atoms with E-state index in [-0.39, 0.29) is 12.1 Å². The minimum Gasteiger partial charge on any atom is -0.452 e. The van der Waals surface area contributed by atoms with E-state index in [4.69, 9.17) is 4.74 Å². The molecule has 3 nitrogen and oxygen atoms in total. The van der Waals surface area contributed by atoms with E-state index < -0.39 is 0 Å². The molecule has 3 aliphatic heterocycles. The summed E-state index contributed by atoms with van der Waals surface area (Å²) < 4.78 is 6.99. The number of carbonyl (C=O) groups excluding carboxylic acids is 1. The lowest BCUT2D eigenvalue weighted by atomic mass is 9.83. The van der Waals surface area contributed by atoms with Gasteiger partial charge >= 0.3 is 5.97 Å². The molecule has 3 aliphatic rings. The molecule has 1 aromatic carbocycles. The fourth-order valence-corrected chi connectivity index (χ4v) is 3.92. The molecule has 2 bridgehead atoms. The van der Waals surface area contributed by atoms with Crippen molar-refractivity contribution in [1.82, 2.24) is 0 Å². The Morgan fingerprint density at radius 3 is 2.60 bits per heavy atom. The highest BCUT2D eigenvalue weighted by atomic mass is 16.5. The molecule has 0 aliphatic carbocycles. The number of rotatable bonds is 4. The van der Waals surface area contributed by atoms with Crippen LogP contribution in [-0.2, 0) is 4.74 Å². The highest BCUT2D eigenvalue weighted by molar-refractivity contribution is 5.89. The third-order valence-electron chi connectivity index (χ3n) is 5.01.